The maximum Gasteiger partial charge on any atom is 0.178 e. The topological polar surface area (TPSA) is 86.2 Å². The number of terminal acetylenes is 1. The van der Waals surface area contributed by atoms with E-state index in [0.29, 0.717) is 22.4 Å². The summed E-state index contributed by atoms with van der Waals surface area (Å²) in [6.45, 7) is 0. The van der Waals surface area contributed by atoms with Crippen LogP contribution in [0.1, 0.15) is 11.1 Å². The zero-order chi connectivity index (χ0) is 14.7. The molecular formula is C15H11N5O. The van der Waals surface area contributed by atoms with Gasteiger partial charge in [0.15, 0.2) is 11.5 Å². The Morgan fingerprint density at radius 3 is 3.05 bits per heavy atom. The third kappa shape index (κ3) is 2.45. The first kappa shape index (κ1) is 12.8. The summed E-state index contributed by atoms with van der Waals surface area (Å²) in [6.07, 6.45) is 8.51. The molecular weight excluding hydrogens is 266 g/mol. The normalized spacial score (nSPS) is 11.3. The molecule has 0 spiro atoms. The van der Waals surface area contributed by atoms with E-state index in [1.807, 2.05) is 6.07 Å². The van der Waals surface area contributed by atoms with Crippen molar-refractivity contribution in [3.63, 3.8) is 0 Å². The van der Waals surface area contributed by atoms with Crippen LogP contribution in [0.2, 0.25) is 0 Å². The molecule has 0 radical (unpaired) electrons. The summed E-state index contributed by atoms with van der Waals surface area (Å²) in [5.41, 5.74) is 5.35. The number of benzene rings is 1. The molecule has 3 rings (SSSR count). The predicted molar refractivity (Wildman–Crippen MR) is 79.4 cm³/mol. The average molecular weight is 277 g/mol. The fourth-order valence-electron chi connectivity index (χ4n) is 1.99. The summed E-state index contributed by atoms with van der Waals surface area (Å²) in [7, 11) is 0. The van der Waals surface area contributed by atoms with Crippen LogP contribution in [0, 0.1) is 12.3 Å². The number of nitrogens with zero attached hydrogens (tertiary/aromatic N) is 3. The van der Waals surface area contributed by atoms with Crippen molar-refractivity contribution in [1.82, 2.24) is 20.4 Å². The third-order valence-corrected chi connectivity index (χ3v) is 2.94. The first-order valence-corrected chi connectivity index (χ1v) is 6.16. The summed E-state index contributed by atoms with van der Waals surface area (Å²) in [6, 6.07) is 8.89. The van der Waals surface area contributed by atoms with Crippen LogP contribution in [0.25, 0.3) is 11.2 Å². The van der Waals surface area contributed by atoms with E-state index in [0.717, 1.165) is 5.56 Å². The quantitative estimate of drug-likeness (QED) is 0.289. The molecule has 0 aliphatic rings. The van der Waals surface area contributed by atoms with E-state index in [4.69, 9.17) is 6.42 Å². The third-order valence-electron chi connectivity index (χ3n) is 2.94. The maximum atomic E-state index is 9.39. The number of fused-ring (bicyclic) bond motifs is 1. The molecule has 1 aromatic carbocycles. The van der Waals surface area contributed by atoms with Crippen molar-refractivity contribution in [1.29, 1.82) is 0 Å². The number of rotatable bonds is 2. The van der Waals surface area contributed by atoms with E-state index in [1.54, 1.807) is 30.5 Å². The summed E-state index contributed by atoms with van der Waals surface area (Å²) >= 11 is 0. The van der Waals surface area contributed by atoms with Crippen molar-refractivity contribution >= 4 is 22.7 Å². The van der Waals surface area contributed by atoms with Gasteiger partial charge in [-0.15, -0.1) is 6.42 Å². The Morgan fingerprint density at radius 2 is 2.24 bits per heavy atom. The van der Waals surface area contributed by atoms with Gasteiger partial charge in [0.2, 0.25) is 0 Å². The number of aromatic amines is 1. The largest absolute Gasteiger partial charge is 0.343 e. The smallest absolute Gasteiger partial charge is 0.178 e. The van der Waals surface area contributed by atoms with Crippen molar-refractivity contribution in [2.24, 2.45) is 4.99 Å². The lowest BCUT2D eigenvalue weighted by Gasteiger charge is -2.06. The molecule has 21 heavy (non-hydrogen) atoms. The first-order chi connectivity index (χ1) is 10.3. The number of hydroxylamine groups is 1. The minimum absolute atomic E-state index is 0.279. The Labute approximate surface area is 120 Å². The van der Waals surface area contributed by atoms with E-state index in [1.165, 1.54) is 6.33 Å². The molecule has 2 heterocycles. The van der Waals surface area contributed by atoms with Crippen LogP contribution in [0.4, 0.5) is 5.69 Å². The molecule has 0 bridgehead atoms. The van der Waals surface area contributed by atoms with Crippen molar-refractivity contribution < 1.29 is 5.21 Å². The van der Waals surface area contributed by atoms with Crippen molar-refractivity contribution in [2.45, 2.75) is 0 Å². The molecule has 0 fully saturated rings. The van der Waals surface area contributed by atoms with Gasteiger partial charge in [0.25, 0.3) is 0 Å². The molecule has 0 atom stereocenters. The predicted octanol–water partition coefficient (Wildman–Crippen LogP) is 2.00. The van der Waals surface area contributed by atoms with E-state index >= 15 is 0 Å². The van der Waals surface area contributed by atoms with Gasteiger partial charge in [-0.1, -0.05) is 12.0 Å². The van der Waals surface area contributed by atoms with Crippen LogP contribution in [0.5, 0.6) is 0 Å². The molecule has 0 aliphatic heterocycles. The minimum atomic E-state index is 0.279. The highest BCUT2D eigenvalue weighted by Crippen LogP contribution is 2.18. The molecule has 0 amide bonds. The number of pyridine rings is 1. The fourth-order valence-corrected chi connectivity index (χ4v) is 1.99. The lowest BCUT2D eigenvalue weighted by molar-refractivity contribution is 0.235. The lowest BCUT2D eigenvalue weighted by Crippen LogP contribution is -2.20. The first-order valence-electron chi connectivity index (χ1n) is 6.16. The Morgan fingerprint density at radius 1 is 1.33 bits per heavy atom. The van der Waals surface area contributed by atoms with Gasteiger partial charge in [0.1, 0.15) is 0 Å². The van der Waals surface area contributed by atoms with Gasteiger partial charge < -0.3 is 4.98 Å². The van der Waals surface area contributed by atoms with E-state index in [9.17, 15) is 5.21 Å². The van der Waals surface area contributed by atoms with Gasteiger partial charge in [-0.25, -0.2) is 15.0 Å². The second-order valence-corrected chi connectivity index (χ2v) is 4.23. The van der Waals surface area contributed by atoms with Crippen molar-refractivity contribution in [2.75, 3.05) is 0 Å². The summed E-state index contributed by atoms with van der Waals surface area (Å²) < 4.78 is 0. The van der Waals surface area contributed by atoms with Crippen molar-refractivity contribution in [3.05, 3.63) is 54.0 Å². The Hall–Kier alpha value is -3.17. The molecule has 6 nitrogen and oxygen atoms in total. The molecule has 3 N–H and O–H groups in total. The van der Waals surface area contributed by atoms with Gasteiger partial charge in [-0.2, -0.15) is 0 Å². The fraction of sp³-hybridized carbons (Fsp3) is 0. The van der Waals surface area contributed by atoms with Crippen LogP contribution < -0.4 is 5.48 Å². The second kappa shape index (κ2) is 5.45. The number of hydrogen-bond donors (Lipinski definition) is 3. The number of imidazole rings is 1. The molecule has 3 aromatic rings. The molecule has 102 valence electrons. The second-order valence-electron chi connectivity index (χ2n) is 4.23. The lowest BCUT2D eigenvalue weighted by atomic mass is 10.2. The Bertz CT molecular complexity index is 860. The van der Waals surface area contributed by atoms with Crippen LogP contribution in [0.15, 0.2) is 47.8 Å². The van der Waals surface area contributed by atoms with Gasteiger partial charge >= 0.3 is 0 Å². The highest BCUT2D eigenvalue weighted by Gasteiger charge is 2.10. The number of H-pyrrole nitrogens is 1. The number of nitrogens with one attached hydrogen (secondary N) is 2. The number of aromatic nitrogens is 3. The number of hydrogen-bond acceptors (Lipinski definition) is 4. The SMILES string of the molecule is C#Cc1cccc(N=C(NO)c2ccnc3nc[nH]c23)c1. The molecule has 0 saturated carbocycles. The molecule has 0 unspecified atom stereocenters. The van der Waals surface area contributed by atoms with Crippen LogP contribution in [-0.2, 0) is 0 Å². The Kier molecular flexibility index (Phi) is 3.33. The molecule has 0 saturated heterocycles. The van der Waals surface area contributed by atoms with E-state index in [-0.39, 0.29) is 5.84 Å². The maximum absolute atomic E-state index is 9.39. The van der Waals surface area contributed by atoms with Crippen molar-refractivity contribution in [3.8, 4) is 12.3 Å². The van der Waals surface area contributed by atoms with Gasteiger partial charge in [0, 0.05) is 17.3 Å². The number of amidine groups is 1. The molecule has 6 heteroatoms. The van der Waals surface area contributed by atoms with Crippen LogP contribution in [-0.4, -0.2) is 26.0 Å². The minimum Gasteiger partial charge on any atom is -0.343 e. The van der Waals surface area contributed by atoms with E-state index in [2.05, 4.69) is 31.3 Å². The van der Waals surface area contributed by atoms with Crippen LogP contribution >= 0.6 is 0 Å². The number of aliphatic imine (C=N–C) groups is 1. The van der Waals surface area contributed by atoms with E-state index < -0.39 is 0 Å². The zero-order valence-corrected chi connectivity index (χ0v) is 10.9. The summed E-state index contributed by atoms with van der Waals surface area (Å²) in [5, 5.41) is 9.39. The summed E-state index contributed by atoms with van der Waals surface area (Å²) in [5.74, 6) is 2.82. The van der Waals surface area contributed by atoms with Gasteiger partial charge in [0.05, 0.1) is 17.5 Å². The highest BCUT2D eigenvalue weighted by atomic mass is 16.5. The van der Waals surface area contributed by atoms with Gasteiger partial charge in [-0.05, 0) is 24.3 Å². The average Bonchev–Trinajstić information content (AvgIpc) is 3.01. The summed E-state index contributed by atoms with van der Waals surface area (Å²) in [4.78, 5) is 15.5. The van der Waals surface area contributed by atoms with Gasteiger partial charge in [-0.3, -0.25) is 10.7 Å². The zero-order valence-electron chi connectivity index (χ0n) is 10.9. The monoisotopic (exact) mass is 277 g/mol. The highest BCUT2D eigenvalue weighted by molar-refractivity contribution is 6.07. The molecule has 2 aromatic heterocycles. The molecule has 0 aliphatic carbocycles. The Balaban J connectivity index is 2.11. The standard InChI is InChI=1S/C15H11N5O/c1-2-10-4-3-5-11(8-10)19-14(20-21)12-6-7-16-15-13(12)17-9-18-15/h1,3-9,21H,(H,19,20)(H,16,17,18). The van der Waals surface area contributed by atoms with Crippen LogP contribution in [0.3, 0.4) is 0 Å².